The number of nitrogens with zero attached hydrogens (tertiary/aromatic N) is 2. The minimum atomic E-state index is 0.795. The van der Waals surface area contributed by atoms with E-state index in [1.165, 1.54) is 16.7 Å². The lowest BCUT2D eigenvalue weighted by molar-refractivity contribution is 1.27. The second-order valence-electron chi connectivity index (χ2n) is 3.92. The van der Waals surface area contributed by atoms with Crippen LogP contribution in [-0.4, -0.2) is 16.2 Å². The number of benzene rings is 1. The molecule has 2 heterocycles. The number of rotatable bonds is 3. The van der Waals surface area contributed by atoms with Crippen LogP contribution in [0.2, 0.25) is 0 Å². The molecule has 18 heavy (non-hydrogen) atoms. The average Bonchev–Trinajstić information content (AvgIpc) is 2.98. The van der Waals surface area contributed by atoms with Gasteiger partial charge in [0.15, 0.2) is 0 Å². The second kappa shape index (κ2) is 4.62. The zero-order valence-corrected chi connectivity index (χ0v) is 10.7. The number of aromatic nitrogens is 2. The molecular formula is C13H12N4S. The molecule has 3 aromatic rings. The van der Waals surface area contributed by atoms with E-state index < -0.39 is 0 Å². The second-order valence-corrected chi connectivity index (χ2v) is 4.81. The number of nitrogens with one attached hydrogen (secondary N) is 2. The van der Waals surface area contributed by atoms with Crippen LogP contribution in [0.5, 0.6) is 0 Å². The first-order valence-electron chi connectivity index (χ1n) is 5.60. The maximum absolute atomic E-state index is 4.22. The van der Waals surface area contributed by atoms with Crippen molar-refractivity contribution in [2.75, 3.05) is 5.43 Å². The Balaban J connectivity index is 1.90. The van der Waals surface area contributed by atoms with Crippen LogP contribution in [0.3, 0.4) is 0 Å². The fourth-order valence-corrected chi connectivity index (χ4v) is 2.37. The summed E-state index contributed by atoms with van der Waals surface area (Å²) in [5, 5.41) is 8.11. The lowest BCUT2D eigenvalue weighted by atomic mass is 10.1. The van der Waals surface area contributed by atoms with Gasteiger partial charge in [0.05, 0.1) is 6.21 Å². The number of aromatic amines is 1. The maximum Gasteiger partial charge on any atom is 0.203 e. The minimum absolute atomic E-state index is 0.795. The Kier molecular flexibility index (Phi) is 2.82. The summed E-state index contributed by atoms with van der Waals surface area (Å²) in [5.74, 6) is 0. The van der Waals surface area contributed by atoms with E-state index in [9.17, 15) is 0 Å². The highest BCUT2D eigenvalue weighted by atomic mass is 32.1. The molecule has 0 unspecified atom stereocenters. The van der Waals surface area contributed by atoms with Crippen LogP contribution in [-0.2, 0) is 0 Å². The zero-order chi connectivity index (χ0) is 12.4. The number of H-pyrrole nitrogens is 1. The van der Waals surface area contributed by atoms with Gasteiger partial charge in [-0.05, 0) is 13.0 Å². The summed E-state index contributed by atoms with van der Waals surface area (Å²) in [7, 11) is 0. The predicted molar refractivity (Wildman–Crippen MR) is 76.4 cm³/mol. The molecule has 0 aliphatic heterocycles. The molecule has 0 bridgehead atoms. The van der Waals surface area contributed by atoms with Gasteiger partial charge < -0.3 is 4.98 Å². The Bertz CT molecular complexity index is 682. The predicted octanol–water partition coefficient (Wildman–Crippen LogP) is 3.38. The number of thiazole rings is 1. The Labute approximate surface area is 108 Å². The quantitative estimate of drug-likeness (QED) is 0.557. The van der Waals surface area contributed by atoms with Crippen molar-refractivity contribution >= 4 is 33.6 Å². The topological polar surface area (TPSA) is 53.1 Å². The molecule has 1 aromatic carbocycles. The van der Waals surface area contributed by atoms with E-state index in [1.807, 2.05) is 30.7 Å². The van der Waals surface area contributed by atoms with Gasteiger partial charge in [0.1, 0.15) is 0 Å². The van der Waals surface area contributed by atoms with Crippen LogP contribution in [0.15, 0.2) is 40.9 Å². The molecule has 2 N–H and O–H groups in total. The summed E-state index contributed by atoms with van der Waals surface area (Å²) in [5.41, 5.74) is 6.27. The van der Waals surface area contributed by atoms with Crippen LogP contribution in [0.25, 0.3) is 10.9 Å². The number of hydrogen-bond acceptors (Lipinski definition) is 4. The summed E-state index contributed by atoms with van der Waals surface area (Å²) in [6.07, 6.45) is 3.58. The van der Waals surface area contributed by atoms with E-state index >= 15 is 0 Å². The molecule has 3 rings (SSSR count). The Morgan fingerprint density at radius 1 is 1.39 bits per heavy atom. The fraction of sp³-hybridized carbons (Fsp3) is 0.0769. The molecule has 0 aliphatic rings. The van der Waals surface area contributed by atoms with E-state index in [1.54, 1.807) is 6.20 Å². The smallest absolute Gasteiger partial charge is 0.203 e. The van der Waals surface area contributed by atoms with Gasteiger partial charge in [-0.1, -0.05) is 18.2 Å². The monoisotopic (exact) mass is 256 g/mol. The third kappa shape index (κ3) is 2.00. The number of anilines is 1. The van der Waals surface area contributed by atoms with Crippen LogP contribution >= 0.6 is 11.3 Å². The number of para-hydroxylation sites is 1. The van der Waals surface area contributed by atoms with E-state index in [-0.39, 0.29) is 0 Å². The number of aryl methyl sites for hydroxylation is 1. The van der Waals surface area contributed by atoms with Crippen molar-refractivity contribution in [1.82, 2.24) is 9.97 Å². The lowest BCUT2D eigenvalue weighted by Gasteiger charge is -1.94. The van der Waals surface area contributed by atoms with Crippen molar-refractivity contribution in [1.29, 1.82) is 0 Å². The molecular weight excluding hydrogens is 244 g/mol. The van der Waals surface area contributed by atoms with E-state index in [2.05, 4.69) is 32.6 Å². The third-order valence-electron chi connectivity index (χ3n) is 2.73. The van der Waals surface area contributed by atoms with Gasteiger partial charge in [0, 0.05) is 33.7 Å². The minimum Gasteiger partial charge on any atom is -0.358 e. The van der Waals surface area contributed by atoms with Gasteiger partial charge in [-0.2, -0.15) is 5.10 Å². The molecule has 5 heteroatoms. The molecule has 0 amide bonds. The summed E-state index contributed by atoms with van der Waals surface area (Å²) in [6, 6.07) is 8.20. The van der Waals surface area contributed by atoms with Gasteiger partial charge >= 0.3 is 0 Å². The first-order chi connectivity index (χ1) is 8.84. The van der Waals surface area contributed by atoms with Crippen molar-refractivity contribution in [2.24, 2.45) is 5.10 Å². The van der Waals surface area contributed by atoms with Gasteiger partial charge in [-0.3, -0.25) is 5.43 Å². The first-order valence-corrected chi connectivity index (χ1v) is 6.48. The Hall–Kier alpha value is -2.14. The van der Waals surface area contributed by atoms with Crippen LogP contribution in [0.4, 0.5) is 5.13 Å². The van der Waals surface area contributed by atoms with Crippen molar-refractivity contribution in [3.8, 4) is 0 Å². The van der Waals surface area contributed by atoms with Crippen molar-refractivity contribution in [2.45, 2.75) is 6.92 Å². The van der Waals surface area contributed by atoms with Crippen LogP contribution < -0.4 is 5.43 Å². The SMILES string of the molecule is Cc1[nH]c2ccccc2c1/C=N\Nc1nccs1. The third-order valence-corrected chi connectivity index (χ3v) is 3.41. The average molecular weight is 256 g/mol. The summed E-state index contributed by atoms with van der Waals surface area (Å²) in [4.78, 5) is 7.44. The van der Waals surface area contributed by atoms with E-state index in [4.69, 9.17) is 0 Å². The normalized spacial score (nSPS) is 11.4. The first kappa shape index (κ1) is 11.0. The van der Waals surface area contributed by atoms with E-state index in [0.29, 0.717) is 0 Å². The van der Waals surface area contributed by atoms with Crippen molar-refractivity contribution in [3.05, 3.63) is 47.1 Å². The molecule has 0 radical (unpaired) electrons. The van der Waals surface area contributed by atoms with Crippen LogP contribution in [0, 0.1) is 6.92 Å². The molecule has 2 aromatic heterocycles. The Morgan fingerprint density at radius 3 is 3.11 bits per heavy atom. The number of hydrazone groups is 1. The molecule has 0 aliphatic carbocycles. The molecule has 0 saturated carbocycles. The van der Waals surface area contributed by atoms with Gasteiger partial charge in [0.2, 0.25) is 5.13 Å². The summed E-state index contributed by atoms with van der Waals surface area (Å²) in [6.45, 7) is 2.05. The van der Waals surface area contributed by atoms with Crippen LogP contribution in [0.1, 0.15) is 11.3 Å². The van der Waals surface area contributed by atoms with Crippen molar-refractivity contribution in [3.63, 3.8) is 0 Å². The molecule has 0 spiro atoms. The fourth-order valence-electron chi connectivity index (χ4n) is 1.90. The van der Waals surface area contributed by atoms with E-state index in [0.717, 1.165) is 21.9 Å². The molecule has 0 fully saturated rings. The lowest BCUT2D eigenvalue weighted by Crippen LogP contribution is -1.90. The molecule has 4 nitrogen and oxygen atoms in total. The maximum atomic E-state index is 4.22. The molecule has 0 saturated heterocycles. The highest BCUT2D eigenvalue weighted by molar-refractivity contribution is 7.13. The summed E-state index contributed by atoms with van der Waals surface area (Å²) < 4.78 is 0. The largest absolute Gasteiger partial charge is 0.358 e. The summed E-state index contributed by atoms with van der Waals surface area (Å²) >= 11 is 1.52. The zero-order valence-electron chi connectivity index (χ0n) is 9.84. The standard InChI is InChI=1S/C13H12N4S/c1-9-11(8-15-17-13-14-6-7-18-13)10-4-2-3-5-12(10)16-9/h2-8,16H,1H3,(H,14,17)/b15-8-. The van der Waals surface area contributed by atoms with Gasteiger partial charge in [-0.15, -0.1) is 11.3 Å². The highest BCUT2D eigenvalue weighted by Gasteiger charge is 2.04. The number of hydrogen-bond donors (Lipinski definition) is 2. The van der Waals surface area contributed by atoms with Crippen molar-refractivity contribution < 1.29 is 0 Å². The Morgan fingerprint density at radius 2 is 2.28 bits per heavy atom. The van der Waals surface area contributed by atoms with Gasteiger partial charge in [-0.25, -0.2) is 4.98 Å². The van der Waals surface area contributed by atoms with Gasteiger partial charge in [0.25, 0.3) is 0 Å². The number of fused-ring (bicyclic) bond motifs is 1. The highest BCUT2D eigenvalue weighted by Crippen LogP contribution is 2.20. The molecule has 0 atom stereocenters. The molecule has 90 valence electrons.